The van der Waals surface area contributed by atoms with E-state index in [-0.39, 0.29) is 12.5 Å². The molecule has 2 unspecified atom stereocenters. The third kappa shape index (κ3) is 6.08. The lowest BCUT2D eigenvalue weighted by molar-refractivity contribution is -0.146. The highest BCUT2D eigenvalue weighted by molar-refractivity contribution is 7.99. The van der Waals surface area contributed by atoms with E-state index < -0.39 is 30.6 Å². The van der Waals surface area contributed by atoms with Gasteiger partial charge in [-0.3, -0.25) is 24.6 Å². The fourth-order valence-electron chi connectivity index (χ4n) is 3.48. The number of ether oxygens (including phenoxy) is 1. The average molecular weight is 443 g/mol. The van der Waals surface area contributed by atoms with E-state index in [9.17, 15) is 19.5 Å². The van der Waals surface area contributed by atoms with Crippen LogP contribution in [0, 0.1) is 0 Å². The maximum atomic E-state index is 13.3. The molecule has 2 N–H and O–H groups in total. The molecule has 0 saturated heterocycles. The molecule has 8 heteroatoms. The second-order valence-corrected chi connectivity index (χ2v) is 8.21. The standard InChI is InChI=1S/C23H26N2O5S/c1-2-30-23(29)17(13-12-16-8-4-3-5-9-16)24-18-15-31-20-11-7-6-10-19(20)25(22(18)28)14-21(26)27/h3-11,17-18,24H,2,12-15H2,1H3,(H,26,27). The number of benzene rings is 2. The van der Waals surface area contributed by atoms with Crippen LogP contribution in [-0.4, -0.2) is 53.9 Å². The Kier molecular flexibility index (Phi) is 8.08. The van der Waals surface area contributed by atoms with Gasteiger partial charge in [-0.2, -0.15) is 0 Å². The van der Waals surface area contributed by atoms with Crippen LogP contribution >= 0.6 is 11.8 Å². The number of thioether (sulfide) groups is 1. The van der Waals surface area contributed by atoms with Crippen molar-refractivity contribution in [2.75, 3.05) is 23.8 Å². The van der Waals surface area contributed by atoms with Crippen LogP contribution < -0.4 is 10.2 Å². The number of fused-ring (bicyclic) bond motifs is 1. The van der Waals surface area contributed by atoms with Crippen LogP contribution in [0.1, 0.15) is 18.9 Å². The molecular formula is C23H26N2O5S. The SMILES string of the molecule is CCOC(=O)C(CCc1ccccc1)NC1CSc2ccccc2N(CC(=O)O)C1=O. The maximum absolute atomic E-state index is 13.3. The number of anilines is 1. The van der Waals surface area contributed by atoms with Crippen molar-refractivity contribution in [3.63, 3.8) is 0 Å². The second-order valence-electron chi connectivity index (χ2n) is 7.15. The molecule has 0 radical (unpaired) electrons. The quantitative estimate of drug-likeness (QED) is 0.577. The molecule has 0 fully saturated rings. The molecule has 1 amide bonds. The van der Waals surface area contributed by atoms with E-state index in [1.165, 1.54) is 16.7 Å². The van der Waals surface area contributed by atoms with E-state index in [2.05, 4.69) is 5.32 Å². The summed E-state index contributed by atoms with van der Waals surface area (Å²) < 4.78 is 5.23. The molecule has 3 rings (SSSR count). The molecule has 0 spiro atoms. The zero-order valence-electron chi connectivity index (χ0n) is 17.3. The summed E-state index contributed by atoms with van der Waals surface area (Å²) in [7, 11) is 0. The van der Waals surface area contributed by atoms with Crippen LogP contribution in [0.5, 0.6) is 0 Å². The van der Waals surface area contributed by atoms with Crippen molar-refractivity contribution in [2.24, 2.45) is 0 Å². The van der Waals surface area contributed by atoms with Crippen molar-refractivity contribution >= 4 is 35.3 Å². The van der Waals surface area contributed by atoms with E-state index in [0.717, 1.165) is 10.5 Å². The predicted octanol–water partition coefficient (Wildman–Crippen LogP) is 2.73. The number of aryl methyl sites for hydroxylation is 1. The number of carboxylic acids is 1. The number of hydrogen-bond acceptors (Lipinski definition) is 6. The van der Waals surface area contributed by atoms with E-state index in [1.807, 2.05) is 42.5 Å². The van der Waals surface area contributed by atoms with Gasteiger partial charge in [-0.1, -0.05) is 42.5 Å². The second kappa shape index (κ2) is 11.0. The van der Waals surface area contributed by atoms with Gasteiger partial charge in [-0.25, -0.2) is 0 Å². The van der Waals surface area contributed by atoms with Crippen molar-refractivity contribution in [3.05, 3.63) is 60.2 Å². The number of carbonyl (C=O) groups excluding carboxylic acids is 2. The molecule has 1 aliphatic rings. The molecule has 1 heterocycles. The number of carbonyl (C=O) groups is 3. The Labute approximate surface area is 185 Å². The Morgan fingerprint density at radius 2 is 1.90 bits per heavy atom. The molecule has 2 atom stereocenters. The van der Waals surface area contributed by atoms with Crippen LogP contribution in [0.2, 0.25) is 0 Å². The van der Waals surface area contributed by atoms with Gasteiger partial charge in [0.25, 0.3) is 0 Å². The Balaban J connectivity index is 1.79. The zero-order valence-corrected chi connectivity index (χ0v) is 18.1. The van der Waals surface area contributed by atoms with Crippen molar-refractivity contribution < 1.29 is 24.2 Å². The minimum atomic E-state index is -1.10. The summed E-state index contributed by atoms with van der Waals surface area (Å²) in [6.45, 7) is 1.54. The van der Waals surface area contributed by atoms with Crippen molar-refractivity contribution in [2.45, 2.75) is 36.7 Å². The van der Waals surface area contributed by atoms with Crippen molar-refractivity contribution in [1.29, 1.82) is 0 Å². The summed E-state index contributed by atoms with van der Waals surface area (Å²) in [5.41, 5.74) is 1.65. The number of para-hydroxylation sites is 1. The summed E-state index contributed by atoms with van der Waals surface area (Å²) in [5.74, 6) is -1.50. The predicted molar refractivity (Wildman–Crippen MR) is 119 cm³/mol. The normalized spacial score (nSPS) is 16.9. The molecule has 2 aromatic rings. The Morgan fingerprint density at radius 3 is 2.61 bits per heavy atom. The number of nitrogens with zero attached hydrogens (tertiary/aromatic N) is 1. The fourth-order valence-corrected chi connectivity index (χ4v) is 4.57. The highest BCUT2D eigenvalue weighted by atomic mass is 32.2. The van der Waals surface area contributed by atoms with E-state index in [0.29, 0.717) is 24.3 Å². The fraction of sp³-hybridized carbons (Fsp3) is 0.348. The summed E-state index contributed by atoms with van der Waals surface area (Å²) in [4.78, 5) is 39.4. The van der Waals surface area contributed by atoms with Gasteiger partial charge in [0.05, 0.1) is 18.3 Å². The topological polar surface area (TPSA) is 95.9 Å². The number of hydrogen-bond donors (Lipinski definition) is 2. The summed E-state index contributed by atoms with van der Waals surface area (Å²) in [6, 6.07) is 15.6. The lowest BCUT2D eigenvalue weighted by Gasteiger charge is -2.27. The average Bonchev–Trinajstić information content (AvgIpc) is 2.89. The highest BCUT2D eigenvalue weighted by Gasteiger charge is 2.34. The first-order valence-corrected chi connectivity index (χ1v) is 11.2. The Bertz CT molecular complexity index is 921. The van der Waals surface area contributed by atoms with Crippen molar-refractivity contribution in [1.82, 2.24) is 5.32 Å². The first kappa shape index (κ1) is 22.8. The van der Waals surface area contributed by atoms with Gasteiger partial charge < -0.3 is 9.84 Å². The minimum Gasteiger partial charge on any atom is -0.480 e. The van der Waals surface area contributed by atoms with E-state index in [1.54, 1.807) is 19.1 Å². The van der Waals surface area contributed by atoms with Gasteiger partial charge in [0.2, 0.25) is 5.91 Å². The molecular weight excluding hydrogens is 416 g/mol. The van der Waals surface area contributed by atoms with Gasteiger partial charge in [-0.15, -0.1) is 11.8 Å². The van der Waals surface area contributed by atoms with Crippen LogP contribution in [0.3, 0.4) is 0 Å². The molecule has 2 aromatic carbocycles. The van der Waals surface area contributed by atoms with Gasteiger partial charge in [0, 0.05) is 10.6 Å². The smallest absolute Gasteiger partial charge is 0.323 e. The molecule has 0 saturated carbocycles. The molecule has 31 heavy (non-hydrogen) atoms. The number of nitrogens with one attached hydrogen (secondary N) is 1. The zero-order chi connectivity index (χ0) is 22.2. The molecule has 7 nitrogen and oxygen atoms in total. The lowest BCUT2D eigenvalue weighted by atomic mass is 10.0. The van der Waals surface area contributed by atoms with Crippen LogP contribution in [-0.2, 0) is 25.5 Å². The van der Waals surface area contributed by atoms with Crippen LogP contribution in [0.25, 0.3) is 0 Å². The third-order valence-electron chi connectivity index (χ3n) is 4.96. The van der Waals surface area contributed by atoms with Gasteiger partial charge in [0.15, 0.2) is 0 Å². The van der Waals surface area contributed by atoms with Gasteiger partial charge in [0.1, 0.15) is 12.6 Å². The molecule has 0 bridgehead atoms. The first-order valence-electron chi connectivity index (χ1n) is 10.2. The summed E-state index contributed by atoms with van der Waals surface area (Å²) in [5, 5.41) is 12.5. The number of carboxylic acid groups (broad SMARTS) is 1. The number of rotatable bonds is 9. The number of esters is 1. The Hall–Kier alpha value is -2.84. The summed E-state index contributed by atoms with van der Waals surface area (Å²) >= 11 is 1.46. The molecule has 164 valence electrons. The Morgan fingerprint density at radius 1 is 1.19 bits per heavy atom. The first-order chi connectivity index (χ1) is 15.0. The molecule has 1 aliphatic heterocycles. The third-order valence-corrected chi connectivity index (χ3v) is 6.11. The van der Waals surface area contributed by atoms with E-state index >= 15 is 0 Å². The lowest BCUT2D eigenvalue weighted by Crippen LogP contribution is -2.54. The highest BCUT2D eigenvalue weighted by Crippen LogP contribution is 2.34. The van der Waals surface area contributed by atoms with Gasteiger partial charge in [-0.05, 0) is 37.5 Å². The monoisotopic (exact) mass is 442 g/mol. The minimum absolute atomic E-state index is 0.242. The summed E-state index contributed by atoms with van der Waals surface area (Å²) in [6.07, 6.45) is 1.10. The maximum Gasteiger partial charge on any atom is 0.323 e. The van der Waals surface area contributed by atoms with Gasteiger partial charge >= 0.3 is 11.9 Å². The molecule has 0 aliphatic carbocycles. The molecule has 0 aromatic heterocycles. The largest absolute Gasteiger partial charge is 0.480 e. The van der Waals surface area contributed by atoms with Crippen LogP contribution in [0.15, 0.2) is 59.5 Å². The number of aliphatic carboxylic acids is 1. The van der Waals surface area contributed by atoms with Crippen LogP contribution in [0.4, 0.5) is 5.69 Å². The van der Waals surface area contributed by atoms with Crippen molar-refractivity contribution in [3.8, 4) is 0 Å². The number of amides is 1. The van der Waals surface area contributed by atoms with E-state index in [4.69, 9.17) is 4.74 Å².